The summed E-state index contributed by atoms with van der Waals surface area (Å²) in [5, 5.41) is 8.40. The minimum atomic E-state index is 0.273. The smallest absolute Gasteiger partial charge is 0.0433 e. The molecule has 1 nitrogen and oxygen atoms in total. The zero-order chi connectivity index (χ0) is 7.66. The average Bonchev–Trinajstić information content (AvgIpc) is 1.97. The van der Waals surface area contributed by atoms with E-state index in [1.54, 1.807) is 6.08 Å². The van der Waals surface area contributed by atoms with Crippen LogP contribution >= 0.6 is 0 Å². The predicted molar refractivity (Wildman–Crippen MR) is 44.8 cm³/mol. The second kappa shape index (κ2) is 8.18. The molecule has 0 radical (unpaired) electrons. The topological polar surface area (TPSA) is 20.2 Å². The van der Waals surface area contributed by atoms with Crippen molar-refractivity contribution in [2.24, 2.45) is 0 Å². The second-order valence-corrected chi connectivity index (χ2v) is 1.91. The maximum atomic E-state index is 8.40. The lowest BCUT2D eigenvalue weighted by molar-refractivity contribution is 0.289. The summed E-state index contributed by atoms with van der Waals surface area (Å²) < 4.78 is 0. The van der Waals surface area contributed by atoms with Gasteiger partial charge >= 0.3 is 0 Å². The van der Waals surface area contributed by atoms with Crippen LogP contribution in [0.3, 0.4) is 0 Å². The zero-order valence-electron chi connectivity index (χ0n) is 6.16. The summed E-state index contributed by atoms with van der Waals surface area (Å²) in [6.07, 6.45) is 11.3. The molecule has 0 amide bonds. The summed E-state index contributed by atoms with van der Waals surface area (Å²) in [7, 11) is 0. The van der Waals surface area contributed by atoms with Crippen molar-refractivity contribution < 1.29 is 5.11 Å². The number of hydrogen-bond acceptors (Lipinski definition) is 1. The van der Waals surface area contributed by atoms with Crippen molar-refractivity contribution in [3.63, 3.8) is 0 Å². The summed E-state index contributed by atoms with van der Waals surface area (Å²) >= 11 is 0. The lowest BCUT2D eigenvalue weighted by Crippen LogP contribution is -1.77. The van der Waals surface area contributed by atoms with Gasteiger partial charge in [0.25, 0.3) is 0 Å². The molecule has 0 aromatic rings. The Morgan fingerprint density at radius 3 is 2.60 bits per heavy atom. The highest BCUT2D eigenvalue weighted by atomic mass is 16.2. The first-order chi connectivity index (χ1) is 4.91. The van der Waals surface area contributed by atoms with Crippen LogP contribution in [0.25, 0.3) is 0 Å². The van der Waals surface area contributed by atoms with Crippen LogP contribution < -0.4 is 0 Å². The van der Waals surface area contributed by atoms with Crippen molar-refractivity contribution in [1.29, 1.82) is 0 Å². The fraction of sp³-hybridized carbons (Fsp3) is 0.333. The molecular weight excluding hydrogens is 124 g/mol. The molecule has 0 aliphatic carbocycles. The quantitative estimate of drug-likeness (QED) is 0.455. The van der Waals surface area contributed by atoms with Gasteiger partial charge in [-0.05, 0) is 12.8 Å². The van der Waals surface area contributed by atoms with E-state index in [9.17, 15) is 0 Å². The Balaban J connectivity index is 3.19. The van der Waals surface area contributed by atoms with Crippen LogP contribution in [0.4, 0.5) is 0 Å². The number of rotatable bonds is 5. The van der Waals surface area contributed by atoms with Crippen molar-refractivity contribution in [2.75, 3.05) is 6.61 Å². The molecule has 0 saturated heterocycles. The van der Waals surface area contributed by atoms with Gasteiger partial charge in [-0.1, -0.05) is 37.0 Å². The highest BCUT2D eigenvalue weighted by molar-refractivity contribution is 5.08. The van der Waals surface area contributed by atoms with Crippen molar-refractivity contribution >= 4 is 0 Å². The molecule has 0 aromatic heterocycles. The molecule has 1 N–H and O–H groups in total. The Labute approximate surface area is 62.4 Å². The molecule has 0 heterocycles. The lowest BCUT2D eigenvalue weighted by atomic mass is 10.3. The van der Waals surface area contributed by atoms with Gasteiger partial charge in [0.05, 0.1) is 0 Å². The van der Waals surface area contributed by atoms with Gasteiger partial charge in [-0.3, -0.25) is 0 Å². The van der Waals surface area contributed by atoms with E-state index in [1.807, 2.05) is 24.3 Å². The first-order valence-electron chi connectivity index (χ1n) is 3.47. The first kappa shape index (κ1) is 9.18. The van der Waals surface area contributed by atoms with Crippen molar-refractivity contribution in [2.45, 2.75) is 12.8 Å². The molecular formula is C9H14O. The summed E-state index contributed by atoms with van der Waals surface area (Å²) in [6.45, 7) is 3.81. The van der Waals surface area contributed by atoms with Gasteiger partial charge in [0, 0.05) is 6.61 Å². The Kier molecular flexibility index (Phi) is 7.51. The molecule has 0 rings (SSSR count). The fourth-order valence-electron chi connectivity index (χ4n) is 0.527. The van der Waals surface area contributed by atoms with Gasteiger partial charge in [-0.25, -0.2) is 0 Å². The van der Waals surface area contributed by atoms with E-state index in [1.165, 1.54) is 0 Å². The van der Waals surface area contributed by atoms with E-state index >= 15 is 0 Å². The second-order valence-electron chi connectivity index (χ2n) is 1.91. The standard InChI is InChI=1S/C9H14O/c1-2-3-4-5-6-7-8-9-10/h2-6,10H,1,7-9H2/b4-3-,6-5-. The summed E-state index contributed by atoms with van der Waals surface area (Å²) in [4.78, 5) is 0. The van der Waals surface area contributed by atoms with Crippen molar-refractivity contribution in [3.8, 4) is 0 Å². The van der Waals surface area contributed by atoms with Crippen LogP contribution in [-0.2, 0) is 0 Å². The van der Waals surface area contributed by atoms with E-state index in [4.69, 9.17) is 5.11 Å². The summed E-state index contributed by atoms with van der Waals surface area (Å²) in [5.74, 6) is 0. The lowest BCUT2D eigenvalue weighted by Gasteiger charge is -1.84. The van der Waals surface area contributed by atoms with E-state index in [0.29, 0.717) is 0 Å². The molecule has 0 bridgehead atoms. The maximum absolute atomic E-state index is 8.40. The van der Waals surface area contributed by atoms with Gasteiger partial charge in [-0.2, -0.15) is 0 Å². The highest BCUT2D eigenvalue weighted by Gasteiger charge is 1.75. The van der Waals surface area contributed by atoms with Gasteiger partial charge in [-0.15, -0.1) is 0 Å². The Bertz CT molecular complexity index is 123. The monoisotopic (exact) mass is 138 g/mol. The third-order valence-corrected chi connectivity index (χ3v) is 1.02. The molecule has 0 unspecified atom stereocenters. The number of hydrogen-bond donors (Lipinski definition) is 1. The molecule has 1 heteroatoms. The Morgan fingerprint density at radius 2 is 2.00 bits per heavy atom. The molecule has 0 aromatic carbocycles. The van der Waals surface area contributed by atoms with Gasteiger partial charge in [0.15, 0.2) is 0 Å². The molecule has 0 fully saturated rings. The first-order valence-corrected chi connectivity index (χ1v) is 3.47. The Hall–Kier alpha value is -0.820. The highest BCUT2D eigenvalue weighted by Crippen LogP contribution is 1.89. The van der Waals surface area contributed by atoms with Crippen LogP contribution in [0.1, 0.15) is 12.8 Å². The maximum Gasteiger partial charge on any atom is 0.0433 e. The van der Waals surface area contributed by atoms with Crippen molar-refractivity contribution in [3.05, 3.63) is 37.0 Å². The van der Waals surface area contributed by atoms with E-state index in [-0.39, 0.29) is 6.61 Å². The molecule has 0 aliphatic rings. The minimum Gasteiger partial charge on any atom is -0.396 e. The molecule has 10 heavy (non-hydrogen) atoms. The largest absolute Gasteiger partial charge is 0.396 e. The number of allylic oxidation sites excluding steroid dienone is 5. The molecule has 0 atom stereocenters. The van der Waals surface area contributed by atoms with Gasteiger partial charge in [0.1, 0.15) is 0 Å². The van der Waals surface area contributed by atoms with Gasteiger partial charge in [0.2, 0.25) is 0 Å². The van der Waals surface area contributed by atoms with Crippen LogP contribution in [0.2, 0.25) is 0 Å². The molecule has 0 saturated carbocycles. The number of aliphatic hydroxyl groups excluding tert-OH is 1. The van der Waals surface area contributed by atoms with Crippen LogP contribution in [0.5, 0.6) is 0 Å². The normalized spacial score (nSPS) is 11.3. The van der Waals surface area contributed by atoms with Crippen LogP contribution in [-0.4, -0.2) is 11.7 Å². The van der Waals surface area contributed by atoms with E-state index < -0.39 is 0 Å². The summed E-state index contributed by atoms with van der Waals surface area (Å²) in [5.41, 5.74) is 0. The van der Waals surface area contributed by atoms with E-state index in [2.05, 4.69) is 6.58 Å². The number of aliphatic hydroxyl groups is 1. The molecule has 0 aliphatic heterocycles. The molecule has 56 valence electrons. The average molecular weight is 138 g/mol. The minimum absolute atomic E-state index is 0.273. The molecule has 0 spiro atoms. The summed E-state index contributed by atoms with van der Waals surface area (Å²) in [6, 6.07) is 0. The SMILES string of the molecule is C=C/C=C\C=C/CCCO. The number of unbranched alkanes of at least 4 members (excludes halogenated alkanes) is 1. The zero-order valence-corrected chi connectivity index (χ0v) is 6.16. The van der Waals surface area contributed by atoms with E-state index in [0.717, 1.165) is 12.8 Å². The van der Waals surface area contributed by atoms with Crippen LogP contribution in [0.15, 0.2) is 37.0 Å². The van der Waals surface area contributed by atoms with Crippen molar-refractivity contribution in [1.82, 2.24) is 0 Å². The van der Waals surface area contributed by atoms with Crippen LogP contribution in [0, 0.1) is 0 Å². The van der Waals surface area contributed by atoms with Gasteiger partial charge < -0.3 is 5.11 Å². The fourth-order valence-corrected chi connectivity index (χ4v) is 0.527. The third kappa shape index (κ3) is 7.18. The Morgan fingerprint density at radius 1 is 1.20 bits per heavy atom. The predicted octanol–water partition coefficient (Wildman–Crippen LogP) is 2.06. The third-order valence-electron chi connectivity index (χ3n) is 1.02.